The molecule has 1 aromatic heterocycles. The Morgan fingerprint density at radius 3 is 2.50 bits per heavy atom. The number of imidazole rings is 1. The van der Waals surface area contributed by atoms with E-state index in [1.807, 2.05) is 0 Å². The fourth-order valence-corrected chi connectivity index (χ4v) is 4.70. The number of likely N-dealkylation sites (tertiary alicyclic amines) is 1. The number of nitrogens with zero attached hydrogens (tertiary/aromatic N) is 2. The van der Waals surface area contributed by atoms with Gasteiger partial charge < -0.3 is 20.5 Å². The summed E-state index contributed by atoms with van der Waals surface area (Å²) in [6.07, 6.45) is 5.06. The first-order valence-corrected chi connectivity index (χ1v) is 12.6. The summed E-state index contributed by atoms with van der Waals surface area (Å²) in [7, 11) is 0. The molecular weight excluding hydrogens is 529 g/mol. The Bertz CT molecular complexity index is 1240. The Morgan fingerprint density at radius 1 is 1.03 bits per heavy atom. The first kappa shape index (κ1) is 25.7. The number of aromatic amines is 1. The molecule has 36 heavy (non-hydrogen) atoms. The molecule has 0 atom stereocenters. The third-order valence-electron chi connectivity index (χ3n) is 6.05. The van der Waals surface area contributed by atoms with Crippen LogP contribution >= 0.6 is 15.9 Å². The van der Waals surface area contributed by atoms with E-state index in [9.17, 15) is 18.8 Å². The van der Waals surface area contributed by atoms with Crippen LogP contribution in [0.15, 0.2) is 53.3 Å². The minimum atomic E-state index is -0.517. The number of Topliss-reactive ketones (excluding diaryl/α,β-unsaturated/α-hetero) is 1. The molecule has 10 heteroatoms. The standard InChI is InChI=1S/C26H27BrFN5O3/c27-21-15-18(28)6-9-20(21)22(34)14-17-4-7-19(8-5-17)32-26(36)24-23(30-16-31-24)25(35)29-10-13-33-11-2-1-3-12-33/h4-9,15-16H,1-3,10-14H2,(H,29,35)(H,30,31)(H,32,36). The van der Waals surface area contributed by atoms with Crippen molar-refractivity contribution in [3.8, 4) is 0 Å². The van der Waals surface area contributed by atoms with Gasteiger partial charge in [0.25, 0.3) is 11.8 Å². The van der Waals surface area contributed by atoms with Gasteiger partial charge in [0.2, 0.25) is 0 Å². The number of piperidine rings is 1. The van der Waals surface area contributed by atoms with Crippen LogP contribution < -0.4 is 10.6 Å². The molecule has 0 aliphatic carbocycles. The molecule has 4 rings (SSSR count). The van der Waals surface area contributed by atoms with Crippen LogP contribution in [0, 0.1) is 5.82 Å². The maximum atomic E-state index is 13.3. The summed E-state index contributed by atoms with van der Waals surface area (Å²) >= 11 is 3.22. The van der Waals surface area contributed by atoms with E-state index in [1.165, 1.54) is 43.8 Å². The van der Waals surface area contributed by atoms with Gasteiger partial charge in [-0.05, 0) is 77.8 Å². The van der Waals surface area contributed by atoms with E-state index in [0.717, 1.165) is 25.2 Å². The highest BCUT2D eigenvalue weighted by Gasteiger charge is 2.21. The molecule has 0 saturated carbocycles. The number of aromatic nitrogens is 2. The van der Waals surface area contributed by atoms with Gasteiger partial charge in [0.05, 0.1) is 6.33 Å². The van der Waals surface area contributed by atoms with E-state index in [1.54, 1.807) is 24.3 Å². The van der Waals surface area contributed by atoms with Gasteiger partial charge in [-0.2, -0.15) is 0 Å². The summed E-state index contributed by atoms with van der Waals surface area (Å²) < 4.78 is 13.7. The van der Waals surface area contributed by atoms with Crippen LogP contribution in [0.3, 0.4) is 0 Å². The lowest BCUT2D eigenvalue weighted by Gasteiger charge is -2.26. The summed E-state index contributed by atoms with van der Waals surface area (Å²) in [5, 5.41) is 5.58. The monoisotopic (exact) mass is 555 g/mol. The molecule has 3 aromatic rings. The highest BCUT2D eigenvalue weighted by molar-refractivity contribution is 9.10. The second-order valence-corrected chi connectivity index (χ2v) is 9.51. The number of ketones is 1. The predicted octanol–water partition coefficient (Wildman–Crippen LogP) is 4.20. The third-order valence-corrected chi connectivity index (χ3v) is 6.71. The molecule has 0 bridgehead atoms. The van der Waals surface area contributed by atoms with Crippen molar-refractivity contribution in [1.82, 2.24) is 20.2 Å². The van der Waals surface area contributed by atoms with E-state index >= 15 is 0 Å². The summed E-state index contributed by atoms with van der Waals surface area (Å²) in [5.41, 5.74) is 1.75. The minimum absolute atomic E-state index is 0.00545. The second kappa shape index (κ2) is 12.0. The molecule has 8 nitrogen and oxygen atoms in total. The number of H-pyrrole nitrogens is 1. The molecule has 1 saturated heterocycles. The number of amides is 2. The van der Waals surface area contributed by atoms with Crippen LogP contribution in [0.4, 0.5) is 10.1 Å². The van der Waals surface area contributed by atoms with Crippen molar-refractivity contribution in [2.24, 2.45) is 0 Å². The average molecular weight is 556 g/mol. The molecule has 1 aliphatic rings. The lowest BCUT2D eigenvalue weighted by atomic mass is 10.0. The van der Waals surface area contributed by atoms with Crippen LogP contribution in [-0.4, -0.2) is 58.6 Å². The number of halogens is 2. The van der Waals surface area contributed by atoms with E-state index in [-0.39, 0.29) is 29.5 Å². The number of anilines is 1. The zero-order valence-corrected chi connectivity index (χ0v) is 21.2. The predicted molar refractivity (Wildman–Crippen MR) is 138 cm³/mol. The molecular formula is C26H27BrFN5O3. The Labute approximate surface area is 216 Å². The molecule has 3 N–H and O–H groups in total. The van der Waals surface area contributed by atoms with Crippen LogP contribution in [-0.2, 0) is 6.42 Å². The van der Waals surface area contributed by atoms with E-state index in [0.29, 0.717) is 22.3 Å². The third kappa shape index (κ3) is 6.64. The van der Waals surface area contributed by atoms with Crippen LogP contribution in [0.5, 0.6) is 0 Å². The van der Waals surface area contributed by atoms with Crippen LogP contribution in [0.1, 0.15) is 56.2 Å². The Balaban J connectivity index is 1.31. The van der Waals surface area contributed by atoms with Crippen molar-refractivity contribution in [2.45, 2.75) is 25.7 Å². The smallest absolute Gasteiger partial charge is 0.276 e. The van der Waals surface area contributed by atoms with Gasteiger partial charge in [-0.25, -0.2) is 9.37 Å². The summed E-state index contributed by atoms with van der Waals surface area (Å²) in [6.45, 7) is 3.36. The lowest BCUT2D eigenvalue weighted by molar-refractivity contribution is 0.0929. The van der Waals surface area contributed by atoms with Crippen molar-refractivity contribution in [1.29, 1.82) is 0 Å². The zero-order valence-electron chi connectivity index (χ0n) is 19.7. The minimum Gasteiger partial charge on any atom is -0.349 e. The largest absolute Gasteiger partial charge is 0.349 e. The molecule has 0 radical (unpaired) electrons. The maximum Gasteiger partial charge on any atom is 0.276 e. The first-order valence-electron chi connectivity index (χ1n) is 11.8. The number of carbonyl (C=O) groups excluding carboxylic acids is 3. The summed E-state index contributed by atoms with van der Waals surface area (Å²) in [4.78, 5) is 47.0. The number of benzene rings is 2. The molecule has 0 spiro atoms. The topological polar surface area (TPSA) is 107 Å². The van der Waals surface area contributed by atoms with Crippen molar-refractivity contribution in [2.75, 3.05) is 31.5 Å². The maximum absolute atomic E-state index is 13.3. The van der Waals surface area contributed by atoms with Gasteiger partial charge in [-0.1, -0.05) is 18.6 Å². The van der Waals surface area contributed by atoms with Crippen molar-refractivity contribution in [3.05, 3.63) is 81.6 Å². The van der Waals surface area contributed by atoms with E-state index < -0.39 is 11.7 Å². The van der Waals surface area contributed by atoms with Gasteiger partial charge in [-0.3, -0.25) is 14.4 Å². The van der Waals surface area contributed by atoms with Crippen molar-refractivity contribution >= 4 is 39.2 Å². The molecule has 1 fully saturated rings. The number of hydrogen-bond acceptors (Lipinski definition) is 5. The van der Waals surface area contributed by atoms with Crippen LogP contribution in [0.25, 0.3) is 0 Å². The van der Waals surface area contributed by atoms with Gasteiger partial charge in [0.1, 0.15) is 11.5 Å². The average Bonchev–Trinajstić information content (AvgIpc) is 3.36. The Morgan fingerprint density at radius 2 is 1.78 bits per heavy atom. The number of rotatable bonds is 9. The normalized spacial score (nSPS) is 13.8. The molecule has 188 valence electrons. The molecule has 2 heterocycles. The van der Waals surface area contributed by atoms with Crippen molar-refractivity contribution in [3.63, 3.8) is 0 Å². The fourth-order valence-electron chi connectivity index (χ4n) is 4.13. The molecule has 2 aromatic carbocycles. The van der Waals surface area contributed by atoms with E-state index in [4.69, 9.17) is 0 Å². The first-order chi connectivity index (χ1) is 17.4. The lowest BCUT2D eigenvalue weighted by Crippen LogP contribution is -2.38. The van der Waals surface area contributed by atoms with E-state index in [2.05, 4.69) is 41.4 Å². The summed E-state index contributed by atoms with van der Waals surface area (Å²) in [5.74, 6) is -1.48. The zero-order chi connectivity index (χ0) is 25.5. The van der Waals surface area contributed by atoms with Gasteiger partial charge >= 0.3 is 0 Å². The Hall–Kier alpha value is -3.37. The number of hydrogen-bond donors (Lipinski definition) is 3. The second-order valence-electron chi connectivity index (χ2n) is 8.66. The van der Waals surface area contributed by atoms with Gasteiger partial charge in [0.15, 0.2) is 11.5 Å². The Kier molecular flexibility index (Phi) is 8.61. The molecule has 1 aliphatic heterocycles. The highest BCUT2D eigenvalue weighted by atomic mass is 79.9. The van der Waals surface area contributed by atoms with Gasteiger partial charge in [-0.15, -0.1) is 0 Å². The summed E-state index contributed by atoms with van der Waals surface area (Å²) in [6, 6.07) is 10.7. The van der Waals surface area contributed by atoms with Crippen molar-refractivity contribution < 1.29 is 18.8 Å². The highest BCUT2D eigenvalue weighted by Crippen LogP contribution is 2.21. The molecule has 2 amide bonds. The quantitative estimate of drug-likeness (QED) is 0.343. The van der Waals surface area contributed by atoms with Crippen LogP contribution in [0.2, 0.25) is 0 Å². The molecule has 0 unspecified atom stereocenters. The van der Waals surface area contributed by atoms with Gasteiger partial charge in [0, 0.05) is 35.2 Å². The SMILES string of the molecule is O=C(Cc1ccc(NC(=O)c2nc[nH]c2C(=O)NCCN2CCCCC2)cc1)c1ccc(F)cc1Br. The number of nitrogens with one attached hydrogen (secondary N) is 3. The number of carbonyl (C=O) groups is 3. The fraction of sp³-hybridized carbons (Fsp3) is 0.308.